The Bertz CT molecular complexity index is 383. The molecular formula is C9H10O5. The van der Waals surface area contributed by atoms with E-state index in [1.54, 1.807) is 0 Å². The van der Waals surface area contributed by atoms with Gasteiger partial charge in [0.25, 0.3) is 0 Å². The van der Waals surface area contributed by atoms with E-state index in [4.69, 9.17) is 10.2 Å². The predicted molar refractivity (Wildman–Crippen MR) is 47.5 cm³/mol. The van der Waals surface area contributed by atoms with E-state index in [0.717, 1.165) is 7.11 Å². The molecule has 0 heterocycles. The van der Waals surface area contributed by atoms with Crippen LogP contribution in [0.4, 0.5) is 0 Å². The lowest BCUT2D eigenvalue weighted by Gasteiger charge is -2.08. The summed E-state index contributed by atoms with van der Waals surface area (Å²) in [5, 5.41) is 27.6. The number of benzene rings is 1. The Balaban J connectivity index is 3.44. The number of aryl methyl sites for hydroxylation is 1. The molecule has 1 rings (SSSR count). The molecule has 0 aliphatic carbocycles. The van der Waals surface area contributed by atoms with Crippen molar-refractivity contribution in [1.29, 1.82) is 0 Å². The summed E-state index contributed by atoms with van der Waals surface area (Å²) in [5.74, 6) is -2.65. The summed E-state index contributed by atoms with van der Waals surface area (Å²) < 4.78 is 4.40. The Morgan fingerprint density at radius 3 is 2.36 bits per heavy atom. The summed E-state index contributed by atoms with van der Waals surface area (Å²) in [6.45, 7) is 1.51. The average Bonchev–Trinajstić information content (AvgIpc) is 2.14. The molecule has 0 saturated carbocycles. The lowest BCUT2D eigenvalue weighted by Crippen LogP contribution is -2.04. The van der Waals surface area contributed by atoms with Crippen molar-refractivity contribution in [2.24, 2.45) is 0 Å². The second-order valence-electron chi connectivity index (χ2n) is 2.78. The zero-order valence-electron chi connectivity index (χ0n) is 7.74. The average molecular weight is 198 g/mol. The summed E-state index contributed by atoms with van der Waals surface area (Å²) in [6.07, 6.45) is 0. The van der Waals surface area contributed by atoms with E-state index in [1.807, 2.05) is 0 Å². The van der Waals surface area contributed by atoms with Gasteiger partial charge in [0.2, 0.25) is 5.75 Å². The van der Waals surface area contributed by atoms with E-state index in [0.29, 0.717) is 5.56 Å². The van der Waals surface area contributed by atoms with E-state index in [-0.39, 0.29) is 5.56 Å². The zero-order chi connectivity index (χ0) is 10.9. The van der Waals surface area contributed by atoms with Gasteiger partial charge in [-0.2, -0.15) is 0 Å². The number of rotatable bonds is 1. The quantitative estimate of drug-likeness (QED) is 0.461. The topological polar surface area (TPSA) is 87.0 Å². The molecule has 0 atom stereocenters. The van der Waals surface area contributed by atoms with Crippen LogP contribution in [0.3, 0.4) is 0 Å². The van der Waals surface area contributed by atoms with Gasteiger partial charge in [0.1, 0.15) is 5.56 Å². The van der Waals surface area contributed by atoms with Gasteiger partial charge in [-0.25, -0.2) is 4.79 Å². The predicted octanol–water partition coefficient (Wildman–Crippen LogP) is 0.898. The number of phenolic OH excluding ortho intramolecular Hbond substituents is 3. The smallest absolute Gasteiger partial charge is 0.342 e. The largest absolute Gasteiger partial charge is 0.504 e. The van der Waals surface area contributed by atoms with Gasteiger partial charge in [-0.15, -0.1) is 0 Å². The van der Waals surface area contributed by atoms with Crippen LogP contribution >= 0.6 is 0 Å². The standard InChI is InChI=1S/C9H10O5/c1-4-3-5(10)7(11)8(12)6(4)9(13)14-2/h3,10-12H,1-2H3. The molecule has 0 amide bonds. The molecule has 0 fully saturated rings. The SMILES string of the molecule is COC(=O)c1c(C)cc(O)c(O)c1O. The van der Waals surface area contributed by atoms with Gasteiger partial charge in [0.05, 0.1) is 7.11 Å². The van der Waals surface area contributed by atoms with Gasteiger partial charge in [-0.1, -0.05) is 0 Å². The van der Waals surface area contributed by atoms with Gasteiger partial charge in [0, 0.05) is 0 Å². The van der Waals surface area contributed by atoms with Crippen LogP contribution < -0.4 is 0 Å². The molecule has 0 bridgehead atoms. The normalized spacial score (nSPS) is 9.86. The monoisotopic (exact) mass is 198 g/mol. The minimum atomic E-state index is -0.768. The van der Waals surface area contributed by atoms with Gasteiger partial charge >= 0.3 is 5.97 Å². The molecule has 76 valence electrons. The molecule has 5 heteroatoms. The molecule has 0 radical (unpaired) electrons. The van der Waals surface area contributed by atoms with E-state index in [2.05, 4.69) is 4.74 Å². The van der Waals surface area contributed by atoms with E-state index in [1.165, 1.54) is 13.0 Å². The van der Waals surface area contributed by atoms with Crippen molar-refractivity contribution in [3.05, 3.63) is 17.2 Å². The molecule has 0 spiro atoms. The first-order valence-corrected chi connectivity index (χ1v) is 3.81. The first kappa shape index (κ1) is 10.2. The maximum absolute atomic E-state index is 11.1. The van der Waals surface area contributed by atoms with Gasteiger partial charge in [-0.05, 0) is 18.6 Å². The van der Waals surface area contributed by atoms with Crippen molar-refractivity contribution < 1.29 is 24.9 Å². The molecule has 3 N–H and O–H groups in total. The van der Waals surface area contributed by atoms with Crippen molar-refractivity contribution in [3.63, 3.8) is 0 Å². The van der Waals surface area contributed by atoms with Gasteiger partial charge in [-0.3, -0.25) is 0 Å². The fourth-order valence-corrected chi connectivity index (χ4v) is 1.13. The second-order valence-corrected chi connectivity index (χ2v) is 2.78. The van der Waals surface area contributed by atoms with Gasteiger partial charge < -0.3 is 20.1 Å². The van der Waals surface area contributed by atoms with Crippen LogP contribution in [0.5, 0.6) is 17.2 Å². The number of carbonyl (C=O) groups is 1. The van der Waals surface area contributed by atoms with Crippen LogP contribution in [-0.4, -0.2) is 28.4 Å². The highest BCUT2D eigenvalue weighted by Crippen LogP contribution is 2.39. The second kappa shape index (κ2) is 3.45. The highest BCUT2D eigenvalue weighted by molar-refractivity contribution is 5.95. The third kappa shape index (κ3) is 1.44. The third-order valence-electron chi connectivity index (χ3n) is 1.84. The lowest BCUT2D eigenvalue weighted by molar-refractivity contribution is 0.0595. The Labute approximate surface area is 80.2 Å². The Kier molecular flexibility index (Phi) is 2.51. The molecule has 1 aromatic carbocycles. The number of hydrogen-bond donors (Lipinski definition) is 3. The van der Waals surface area contributed by atoms with Crippen LogP contribution in [-0.2, 0) is 4.74 Å². The minimum Gasteiger partial charge on any atom is -0.504 e. The highest BCUT2D eigenvalue weighted by Gasteiger charge is 2.20. The van der Waals surface area contributed by atoms with E-state index in [9.17, 15) is 9.90 Å². The fraction of sp³-hybridized carbons (Fsp3) is 0.222. The van der Waals surface area contributed by atoms with Crippen molar-refractivity contribution in [3.8, 4) is 17.2 Å². The van der Waals surface area contributed by atoms with Crippen molar-refractivity contribution >= 4 is 5.97 Å². The molecule has 0 saturated heterocycles. The number of carbonyl (C=O) groups excluding carboxylic acids is 1. The molecule has 0 aromatic heterocycles. The number of methoxy groups -OCH3 is 1. The molecule has 0 unspecified atom stereocenters. The van der Waals surface area contributed by atoms with Crippen LogP contribution in [0.2, 0.25) is 0 Å². The summed E-state index contributed by atoms with van der Waals surface area (Å²) in [6, 6.07) is 1.17. The maximum Gasteiger partial charge on any atom is 0.342 e. The highest BCUT2D eigenvalue weighted by atomic mass is 16.5. The number of ether oxygens (including phenoxy) is 1. The zero-order valence-corrected chi connectivity index (χ0v) is 7.74. The first-order chi connectivity index (χ1) is 6.49. The fourth-order valence-electron chi connectivity index (χ4n) is 1.13. The number of phenols is 3. The lowest BCUT2D eigenvalue weighted by atomic mass is 10.1. The third-order valence-corrected chi connectivity index (χ3v) is 1.84. The molecule has 5 nitrogen and oxygen atoms in total. The van der Waals surface area contributed by atoms with Crippen molar-refractivity contribution in [2.45, 2.75) is 6.92 Å². The van der Waals surface area contributed by atoms with Crippen LogP contribution in [0.15, 0.2) is 6.07 Å². The Hall–Kier alpha value is -1.91. The summed E-state index contributed by atoms with van der Waals surface area (Å²) >= 11 is 0. The molecular weight excluding hydrogens is 188 g/mol. The maximum atomic E-state index is 11.1. The number of aromatic hydroxyl groups is 3. The Morgan fingerprint density at radius 1 is 1.29 bits per heavy atom. The van der Waals surface area contributed by atoms with E-state index < -0.39 is 23.2 Å². The van der Waals surface area contributed by atoms with Crippen molar-refractivity contribution in [1.82, 2.24) is 0 Å². The molecule has 0 aliphatic heterocycles. The molecule has 1 aromatic rings. The van der Waals surface area contributed by atoms with Crippen LogP contribution in [0, 0.1) is 6.92 Å². The minimum absolute atomic E-state index is 0.150. The molecule has 0 aliphatic rings. The van der Waals surface area contributed by atoms with Gasteiger partial charge in [0.15, 0.2) is 11.5 Å². The van der Waals surface area contributed by atoms with Crippen LogP contribution in [0.1, 0.15) is 15.9 Å². The first-order valence-electron chi connectivity index (χ1n) is 3.81. The Morgan fingerprint density at radius 2 is 1.86 bits per heavy atom. The summed E-state index contributed by atoms with van der Waals surface area (Å²) in [4.78, 5) is 11.1. The van der Waals surface area contributed by atoms with Crippen LogP contribution in [0.25, 0.3) is 0 Å². The number of esters is 1. The summed E-state index contributed by atoms with van der Waals surface area (Å²) in [7, 11) is 1.16. The van der Waals surface area contributed by atoms with Crippen molar-refractivity contribution in [2.75, 3.05) is 7.11 Å². The molecule has 14 heavy (non-hydrogen) atoms. The summed E-state index contributed by atoms with van der Waals surface area (Å²) in [5.41, 5.74) is 0.174. The number of hydrogen-bond acceptors (Lipinski definition) is 5. The van der Waals surface area contributed by atoms with E-state index >= 15 is 0 Å².